The van der Waals surface area contributed by atoms with E-state index in [0.717, 1.165) is 39.0 Å². The number of nitrogens with one attached hydrogen (secondary N) is 1. The van der Waals surface area contributed by atoms with Gasteiger partial charge in [-0.3, -0.25) is 4.79 Å². The van der Waals surface area contributed by atoms with Crippen LogP contribution in [0.15, 0.2) is 24.3 Å². The molecule has 2 fully saturated rings. The standard InChI is InChI=1S/C19H27NO2/c1-18(2,3)15-4-6-16(7-5-15)19(9-10-19)17(21)20-12-14-8-11-22-13-14/h4-7,14H,8-13H2,1-3H3,(H,20,21). The normalized spacial score (nSPS) is 23.3. The first-order chi connectivity index (χ1) is 10.4. The highest BCUT2D eigenvalue weighted by Crippen LogP contribution is 2.48. The number of benzene rings is 1. The van der Waals surface area contributed by atoms with Crippen molar-refractivity contribution in [2.45, 2.75) is 50.9 Å². The van der Waals surface area contributed by atoms with Crippen LogP contribution in [0.1, 0.15) is 51.2 Å². The van der Waals surface area contributed by atoms with E-state index in [0.29, 0.717) is 5.92 Å². The Morgan fingerprint density at radius 1 is 1.27 bits per heavy atom. The highest BCUT2D eigenvalue weighted by Gasteiger charge is 2.51. The fourth-order valence-corrected chi connectivity index (χ4v) is 3.21. The average Bonchev–Trinajstić information content (AvgIpc) is 3.14. The lowest BCUT2D eigenvalue weighted by Crippen LogP contribution is -2.37. The van der Waals surface area contributed by atoms with Gasteiger partial charge in [0.15, 0.2) is 0 Å². The van der Waals surface area contributed by atoms with Gasteiger partial charge in [-0.05, 0) is 35.8 Å². The molecule has 1 aromatic carbocycles. The van der Waals surface area contributed by atoms with Gasteiger partial charge < -0.3 is 10.1 Å². The Morgan fingerprint density at radius 2 is 1.95 bits per heavy atom. The summed E-state index contributed by atoms with van der Waals surface area (Å²) in [4.78, 5) is 12.6. The fourth-order valence-electron chi connectivity index (χ4n) is 3.21. The molecule has 3 rings (SSSR count). The van der Waals surface area contributed by atoms with Crippen LogP contribution in [0.5, 0.6) is 0 Å². The van der Waals surface area contributed by atoms with Crippen LogP contribution in [0, 0.1) is 5.92 Å². The predicted octanol–water partition coefficient (Wildman–Crippen LogP) is 3.17. The van der Waals surface area contributed by atoms with Crippen LogP contribution >= 0.6 is 0 Å². The third kappa shape index (κ3) is 3.05. The number of carbonyl (C=O) groups excluding carboxylic acids is 1. The summed E-state index contributed by atoms with van der Waals surface area (Å²) in [7, 11) is 0. The van der Waals surface area contributed by atoms with E-state index in [9.17, 15) is 4.79 Å². The molecule has 1 unspecified atom stereocenters. The number of ether oxygens (including phenoxy) is 1. The average molecular weight is 301 g/mol. The van der Waals surface area contributed by atoms with E-state index in [-0.39, 0.29) is 16.7 Å². The maximum atomic E-state index is 12.6. The molecule has 1 heterocycles. The van der Waals surface area contributed by atoms with Crippen LogP contribution in [-0.4, -0.2) is 25.7 Å². The smallest absolute Gasteiger partial charge is 0.230 e. The first-order valence-electron chi connectivity index (χ1n) is 8.39. The van der Waals surface area contributed by atoms with Gasteiger partial charge in [0.1, 0.15) is 0 Å². The van der Waals surface area contributed by atoms with Gasteiger partial charge in [-0.15, -0.1) is 0 Å². The second-order valence-corrected chi connectivity index (χ2v) is 7.85. The quantitative estimate of drug-likeness (QED) is 0.927. The molecule has 0 radical (unpaired) electrons. The molecular weight excluding hydrogens is 274 g/mol. The van der Waals surface area contributed by atoms with Crippen molar-refractivity contribution < 1.29 is 9.53 Å². The summed E-state index contributed by atoms with van der Waals surface area (Å²) >= 11 is 0. The van der Waals surface area contributed by atoms with Crippen molar-refractivity contribution in [3.63, 3.8) is 0 Å². The van der Waals surface area contributed by atoms with Crippen molar-refractivity contribution in [3.05, 3.63) is 35.4 Å². The topological polar surface area (TPSA) is 38.3 Å². The zero-order chi connectivity index (χ0) is 15.8. The molecule has 1 saturated carbocycles. The highest BCUT2D eigenvalue weighted by atomic mass is 16.5. The molecule has 1 atom stereocenters. The van der Waals surface area contributed by atoms with Crippen molar-refractivity contribution >= 4 is 5.91 Å². The van der Waals surface area contributed by atoms with E-state index in [1.807, 2.05) is 0 Å². The molecule has 3 nitrogen and oxygen atoms in total. The molecule has 0 bridgehead atoms. The molecule has 1 aromatic rings. The van der Waals surface area contributed by atoms with Crippen LogP contribution in [0.2, 0.25) is 0 Å². The van der Waals surface area contributed by atoms with E-state index >= 15 is 0 Å². The van der Waals surface area contributed by atoms with Crippen LogP contribution in [0.4, 0.5) is 0 Å². The number of hydrogen-bond acceptors (Lipinski definition) is 2. The lowest BCUT2D eigenvalue weighted by molar-refractivity contribution is -0.123. The summed E-state index contributed by atoms with van der Waals surface area (Å²) < 4.78 is 5.37. The molecule has 1 amide bonds. The molecule has 1 saturated heterocycles. The third-order valence-electron chi connectivity index (χ3n) is 5.06. The zero-order valence-corrected chi connectivity index (χ0v) is 13.9. The van der Waals surface area contributed by atoms with E-state index < -0.39 is 0 Å². The lowest BCUT2D eigenvalue weighted by atomic mass is 9.85. The van der Waals surface area contributed by atoms with Crippen LogP contribution in [0.25, 0.3) is 0 Å². The number of carbonyl (C=O) groups is 1. The maximum absolute atomic E-state index is 12.6. The van der Waals surface area contributed by atoms with E-state index in [2.05, 4.69) is 50.4 Å². The minimum atomic E-state index is -0.268. The maximum Gasteiger partial charge on any atom is 0.230 e. The Bertz CT molecular complexity index is 532. The van der Waals surface area contributed by atoms with Crippen LogP contribution in [-0.2, 0) is 20.4 Å². The number of hydrogen-bond donors (Lipinski definition) is 1. The summed E-state index contributed by atoms with van der Waals surface area (Å²) in [5.74, 6) is 0.686. The van der Waals surface area contributed by atoms with Crippen molar-refractivity contribution in [1.29, 1.82) is 0 Å². The highest BCUT2D eigenvalue weighted by molar-refractivity contribution is 5.91. The van der Waals surface area contributed by atoms with Gasteiger partial charge >= 0.3 is 0 Å². The van der Waals surface area contributed by atoms with Crippen LogP contribution in [0.3, 0.4) is 0 Å². The molecule has 0 aromatic heterocycles. The largest absolute Gasteiger partial charge is 0.381 e. The van der Waals surface area contributed by atoms with Gasteiger partial charge in [-0.2, -0.15) is 0 Å². The SMILES string of the molecule is CC(C)(C)c1ccc(C2(C(=O)NCC3CCOC3)CC2)cc1. The molecule has 22 heavy (non-hydrogen) atoms. The Kier molecular flexibility index (Phi) is 4.02. The molecule has 1 aliphatic carbocycles. The zero-order valence-electron chi connectivity index (χ0n) is 13.9. The number of amides is 1. The van der Waals surface area contributed by atoms with Crippen molar-refractivity contribution in [2.24, 2.45) is 5.92 Å². The first-order valence-corrected chi connectivity index (χ1v) is 8.39. The van der Waals surface area contributed by atoms with Gasteiger partial charge in [0.25, 0.3) is 0 Å². The van der Waals surface area contributed by atoms with Gasteiger partial charge in [-0.25, -0.2) is 0 Å². The summed E-state index contributed by atoms with van der Waals surface area (Å²) in [6.07, 6.45) is 3.00. The Labute approximate surface area is 133 Å². The Morgan fingerprint density at radius 3 is 2.45 bits per heavy atom. The molecule has 2 aliphatic rings. The van der Waals surface area contributed by atoms with Gasteiger partial charge in [0.2, 0.25) is 5.91 Å². The van der Waals surface area contributed by atoms with Gasteiger partial charge in [-0.1, -0.05) is 45.0 Å². The second-order valence-electron chi connectivity index (χ2n) is 7.85. The molecular formula is C19H27NO2. The predicted molar refractivity (Wildman–Crippen MR) is 88.0 cm³/mol. The molecule has 3 heteroatoms. The number of rotatable bonds is 4. The molecule has 0 spiro atoms. The summed E-state index contributed by atoms with van der Waals surface area (Å²) in [5.41, 5.74) is 2.37. The lowest BCUT2D eigenvalue weighted by Gasteiger charge is -2.21. The summed E-state index contributed by atoms with van der Waals surface area (Å²) in [6, 6.07) is 8.64. The second kappa shape index (κ2) is 5.69. The van der Waals surface area contributed by atoms with Crippen LogP contribution < -0.4 is 5.32 Å². The van der Waals surface area contributed by atoms with E-state index in [1.54, 1.807) is 0 Å². The monoisotopic (exact) mass is 301 g/mol. The van der Waals surface area contributed by atoms with Crippen molar-refractivity contribution in [3.8, 4) is 0 Å². The molecule has 1 N–H and O–H groups in total. The van der Waals surface area contributed by atoms with E-state index in [1.165, 1.54) is 11.1 Å². The van der Waals surface area contributed by atoms with Crippen molar-refractivity contribution in [1.82, 2.24) is 5.32 Å². The Hall–Kier alpha value is -1.35. The summed E-state index contributed by atoms with van der Waals surface area (Å²) in [5, 5.41) is 3.15. The molecule has 1 aliphatic heterocycles. The minimum Gasteiger partial charge on any atom is -0.381 e. The van der Waals surface area contributed by atoms with Gasteiger partial charge in [0.05, 0.1) is 12.0 Å². The summed E-state index contributed by atoms with van der Waals surface area (Å²) in [6.45, 7) is 9.01. The third-order valence-corrected chi connectivity index (χ3v) is 5.06. The minimum absolute atomic E-state index is 0.153. The van der Waals surface area contributed by atoms with Crippen molar-refractivity contribution in [2.75, 3.05) is 19.8 Å². The fraction of sp³-hybridized carbons (Fsp3) is 0.632. The molecule has 120 valence electrons. The Balaban J connectivity index is 1.66. The van der Waals surface area contributed by atoms with E-state index in [4.69, 9.17) is 4.74 Å². The van der Waals surface area contributed by atoms with Gasteiger partial charge in [0, 0.05) is 19.1 Å². The first kappa shape index (κ1) is 15.5.